The number of sulfonamides is 1. The molecule has 0 N–H and O–H groups in total. The van der Waals surface area contributed by atoms with Crippen molar-refractivity contribution in [2.75, 3.05) is 44.2 Å². The summed E-state index contributed by atoms with van der Waals surface area (Å²) in [5.74, 6) is 0.776. The van der Waals surface area contributed by atoms with Gasteiger partial charge in [-0.2, -0.15) is 4.31 Å². The van der Waals surface area contributed by atoms with E-state index in [0.717, 1.165) is 18.7 Å². The number of aromatic nitrogens is 2. The molecule has 0 spiro atoms. The Morgan fingerprint density at radius 2 is 1.75 bits per heavy atom. The molecule has 8 nitrogen and oxygen atoms in total. The predicted octanol–water partition coefficient (Wildman–Crippen LogP) is 1.17. The molecule has 2 aliphatic rings. The van der Waals surface area contributed by atoms with Crippen molar-refractivity contribution >= 4 is 21.7 Å². The summed E-state index contributed by atoms with van der Waals surface area (Å²) < 4.78 is 28.7. The van der Waals surface area contributed by atoms with Crippen LogP contribution in [-0.4, -0.2) is 72.3 Å². The minimum atomic E-state index is -3.52. The minimum Gasteiger partial charge on any atom is -0.353 e. The van der Waals surface area contributed by atoms with E-state index in [0.29, 0.717) is 45.0 Å². The third-order valence-electron chi connectivity index (χ3n) is 5.44. The average molecular weight is 404 g/mol. The number of aryl methyl sites for hydroxylation is 1. The third kappa shape index (κ3) is 3.51. The van der Waals surface area contributed by atoms with E-state index in [-0.39, 0.29) is 10.8 Å². The smallest absolute Gasteiger partial charge is 0.270 e. The zero-order chi connectivity index (χ0) is 19.7. The van der Waals surface area contributed by atoms with Gasteiger partial charge in [0.2, 0.25) is 10.0 Å². The van der Waals surface area contributed by atoms with Crippen LogP contribution in [0.25, 0.3) is 0 Å². The Morgan fingerprint density at radius 3 is 2.39 bits per heavy atom. The van der Waals surface area contributed by atoms with Crippen LogP contribution < -0.4 is 4.90 Å². The lowest BCUT2D eigenvalue weighted by Gasteiger charge is -2.35. The summed E-state index contributed by atoms with van der Waals surface area (Å²) in [7, 11) is -1.80. The number of anilines is 1. The van der Waals surface area contributed by atoms with Gasteiger partial charge in [0.25, 0.3) is 5.91 Å². The second-order valence-electron chi connectivity index (χ2n) is 7.25. The molecular weight excluding hydrogens is 378 g/mol. The summed E-state index contributed by atoms with van der Waals surface area (Å²) >= 11 is 0. The number of rotatable bonds is 4. The highest BCUT2D eigenvalue weighted by Crippen LogP contribution is 2.23. The molecule has 0 aromatic carbocycles. The second kappa shape index (κ2) is 7.56. The topological polar surface area (TPSA) is 78.8 Å². The Hall–Kier alpha value is -2.39. The van der Waals surface area contributed by atoms with E-state index in [4.69, 9.17) is 0 Å². The summed E-state index contributed by atoms with van der Waals surface area (Å²) in [6.45, 7) is 3.66. The van der Waals surface area contributed by atoms with Crippen molar-refractivity contribution in [3.05, 3.63) is 42.4 Å². The van der Waals surface area contributed by atoms with Crippen LogP contribution in [0.3, 0.4) is 0 Å². The van der Waals surface area contributed by atoms with Crippen molar-refractivity contribution in [3.63, 3.8) is 0 Å². The van der Waals surface area contributed by atoms with Crippen molar-refractivity contribution in [1.82, 2.24) is 18.8 Å². The average Bonchev–Trinajstić information content (AvgIpc) is 3.39. The highest BCUT2D eigenvalue weighted by molar-refractivity contribution is 7.89. The van der Waals surface area contributed by atoms with Crippen molar-refractivity contribution < 1.29 is 13.2 Å². The van der Waals surface area contributed by atoms with Gasteiger partial charge in [-0.1, -0.05) is 6.07 Å². The van der Waals surface area contributed by atoms with E-state index >= 15 is 0 Å². The summed E-state index contributed by atoms with van der Waals surface area (Å²) in [4.78, 5) is 21.5. The van der Waals surface area contributed by atoms with E-state index in [1.54, 1.807) is 28.9 Å². The van der Waals surface area contributed by atoms with Crippen LogP contribution in [0.2, 0.25) is 0 Å². The van der Waals surface area contributed by atoms with Crippen LogP contribution in [0.5, 0.6) is 0 Å². The van der Waals surface area contributed by atoms with Crippen molar-refractivity contribution in [2.45, 2.75) is 17.7 Å². The number of hydrogen-bond donors (Lipinski definition) is 0. The molecule has 150 valence electrons. The van der Waals surface area contributed by atoms with Gasteiger partial charge in [0.05, 0.1) is 0 Å². The van der Waals surface area contributed by atoms with Gasteiger partial charge in [-0.15, -0.1) is 0 Å². The van der Waals surface area contributed by atoms with E-state index in [1.165, 1.54) is 10.4 Å². The molecule has 2 saturated heterocycles. The molecule has 28 heavy (non-hydrogen) atoms. The lowest BCUT2D eigenvalue weighted by Crippen LogP contribution is -2.49. The van der Waals surface area contributed by atoms with Gasteiger partial charge in [-0.3, -0.25) is 4.79 Å². The number of hydrogen-bond acceptors (Lipinski definition) is 5. The summed E-state index contributed by atoms with van der Waals surface area (Å²) in [6.07, 6.45) is 5.08. The van der Waals surface area contributed by atoms with Crippen LogP contribution in [0, 0.1) is 0 Å². The van der Waals surface area contributed by atoms with Gasteiger partial charge >= 0.3 is 0 Å². The maximum absolute atomic E-state index is 13.0. The minimum absolute atomic E-state index is 0.133. The quantitative estimate of drug-likeness (QED) is 0.766. The third-order valence-corrected chi connectivity index (χ3v) is 7.31. The zero-order valence-corrected chi connectivity index (χ0v) is 16.8. The summed E-state index contributed by atoms with van der Waals surface area (Å²) in [5.41, 5.74) is 0.407. The normalized spacial score (nSPS) is 18.6. The molecule has 0 bridgehead atoms. The lowest BCUT2D eigenvalue weighted by molar-refractivity contribution is 0.0737. The summed E-state index contributed by atoms with van der Waals surface area (Å²) in [5, 5.41) is 0. The van der Waals surface area contributed by atoms with Crippen molar-refractivity contribution in [1.29, 1.82) is 0 Å². The van der Waals surface area contributed by atoms with E-state index in [9.17, 15) is 13.2 Å². The van der Waals surface area contributed by atoms with Crippen LogP contribution in [0.4, 0.5) is 5.82 Å². The highest BCUT2D eigenvalue weighted by Gasteiger charge is 2.31. The van der Waals surface area contributed by atoms with Crippen molar-refractivity contribution in [3.8, 4) is 0 Å². The predicted molar refractivity (Wildman–Crippen MR) is 106 cm³/mol. The molecule has 0 saturated carbocycles. The van der Waals surface area contributed by atoms with Gasteiger partial charge in [0, 0.05) is 58.7 Å². The molecule has 0 radical (unpaired) electrons. The molecule has 0 aliphatic carbocycles. The first-order valence-corrected chi connectivity index (χ1v) is 11.0. The largest absolute Gasteiger partial charge is 0.353 e. The van der Waals surface area contributed by atoms with Crippen LogP contribution in [0.15, 0.2) is 41.6 Å². The van der Waals surface area contributed by atoms with Gasteiger partial charge < -0.3 is 14.4 Å². The van der Waals surface area contributed by atoms with E-state index in [2.05, 4.69) is 9.88 Å². The number of amides is 1. The highest BCUT2D eigenvalue weighted by atomic mass is 32.2. The first-order chi connectivity index (χ1) is 13.5. The number of carbonyl (C=O) groups excluding carboxylic acids is 1. The van der Waals surface area contributed by atoms with E-state index in [1.807, 2.05) is 18.2 Å². The monoisotopic (exact) mass is 403 g/mol. The van der Waals surface area contributed by atoms with Crippen LogP contribution >= 0.6 is 0 Å². The summed E-state index contributed by atoms with van der Waals surface area (Å²) in [6, 6.07) is 7.31. The molecule has 2 fully saturated rings. The van der Waals surface area contributed by atoms with Gasteiger partial charge in [-0.25, -0.2) is 13.4 Å². The number of nitrogens with zero attached hydrogens (tertiary/aromatic N) is 5. The van der Waals surface area contributed by atoms with Crippen molar-refractivity contribution in [2.24, 2.45) is 7.05 Å². The maximum atomic E-state index is 13.0. The fraction of sp³-hybridized carbons (Fsp3) is 0.474. The van der Waals surface area contributed by atoms with E-state index < -0.39 is 10.0 Å². The Balaban J connectivity index is 1.46. The molecule has 0 atom stereocenters. The molecular formula is C19H25N5O3S. The fourth-order valence-electron chi connectivity index (χ4n) is 3.81. The zero-order valence-electron chi connectivity index (χ0n) is 16.0. The van der Waals surface area contributed by atoms with Crippen LogP contribution in [0.1, 0.15) is 23.3 Å². The second-order valence-corrected chi connectivity index (χ2v) is 9.19. The number of carbonyl (C=O) groups is 1. The standard InChI is InChI=1S/C19H25N5O3S/c1-21-15-16(28(26,27)24-8-4-5-9-24)14-17(21)19(25)23-12-10-22(11-13-23)18-6-2-3-7-20-18/h2-3,6-7,14-15H,4-5,8-13H2,1H3. The lowest BCUT2D eigenvalue weighted by atomic mass is 10.2. The Labute approximate surface area is 165 Å². The first kappa shape index (κ1) is 18.9. The van der Waals surface area contributed by atoms with Gasteiger partial charge in [0.15, 0.2) is 0 Å². The Kier molecular flexibility index (Phi) is 5.11. The molecule has 4 heterocycles. The Bertz CT molecular complexity index is 943. The molecule has 9 heteroatoms. The SMILES string of the molecule is Cn1cc(S(=O)(=O)N2CCCC2)cc1C(=O)N1CCN(c2ccccn2)CC1. The molecule has 4 rings (SSSR count). The molecule has 1 amide bonds. The Morgan fingerprint density at radius 1 is 1.04 bits per heavy atom. The molecule has 2 aromatic heterocycles. The molecule has 0 unspecified atom stereocenters. The van der Waals surface area contributed by atoms with Crippen LogP contribution in [-0.2, 0) is 17.1 Å². The molecule has 2 aliphatic heterocycles. The van der Waals surface area contributed by atoms with Gasteiger partial charge in [-0.05, 0) is 31.0 Å². The first-order valence-electron chi connectivity index (χ1n) is 9.58. The fourth-order valence-corrected chi connectivity index (χ4v) is 5.40. The molecule has 2 aromatic rings. The number of piperazine rings is 1. The maximum Gasteiger partial charge on any atom is 0.270 e. The number of pyridine rings is 1. The van der Waals surface area contributed by atoms with Gasteiger partial charge in [0.1, 0.15) is 16.4 Å².